The lowest BCUT2D eigenvalue weighted by molar-refractivity contribution is -0.782. The third-order valence-corrected chi connectivity index (χ3v) is 2.33. The molecule has 0 spiro atoms. The Hall–Kier alpha value is -1.65. The monoisotopic (exact) mass is 179 g/mol. The summed E-state index contributed by atoms with van der Waals surface area (Å²) in [6.07, 6.45) is 0. The molecule has 0 fully saturated rings. The highest BCUT2D eigenvalue weighted by atomic mass is 16.8. The number of hydrogen-bond acceptors (Lipinski definition) is 4. The SMILES string of the molecule is Cc1nc2no[n+]([O-])c2c(C)c1C. The fourth-order valence-electron chi connectivity index (χ4n) is 1.31. The van der Waals surface area contributed by atoms with Gasteiger partial charge in [-0.2, -0.15) is 0 Å². The molecule has 2 aromatic heterocycles. The van der Waals surface area contributed by atoms with Gasteiger partial charge in [-0.15, -0.1) is 0 Å². The van der Waals surface area contributed by atoms with E-state index in [0.29, 0.717) is 16.1 Å². The van der Waals surface area contributed by atoms with Gasteiger partial charge in [0.1, 0.15) is 0 Å². The van der Waals surface area contributed by atoms with Gasteiger partial charge in [-0.05, 0) is 31.2 Å². The van der Waals surface area contributed by atoms with Crippen molar-refractivity contribution in [3.05, 3.63) is 22.0 Å². The molecule has 2 heterocycles. The smallest absolute Gasteiger partial charge is 0.341 e. The maximum absolute atomic E-state index is 11.1. The Morgan fingerprint density at radius 1 is 1.23 bits per heavy atom. The van der Waals surface area contributed by atoms with Crippen molar-refractivity contribution in [2.24, 2.45) is 0 Å². The molecular weight excluding hydrogens is 170 g/mol. The molecule has 5 nitrogen and oxygen atoms in total. The summed E-state index contributed by atoms with van der Waals surface area (Å²) in [5, 5.41) is 14.7. The van der Waals surface area contributed by atoms with Crippen LogP contribution in [0.15, 0.2) is 4.63 Å². The quantitative estimate of drug-likeness (QED) is 0.560. The van der Waals surface area contributed by atoms with Crippen molar-refractivity contribution in [1.82, 2.24) is 10.1 Å². The van der Waals surface area contributed by atoms with Crippen molar-refractivity contribution in [2.45, 2.75) is 20.8 Å². The predicted octanol–water partition coefficient (Wildman–Crippen LogP) is 0.781. The van der Waals surface area contributed by atoms with E-state index in [4.69, 9.17) is 0 Å². The van der Waals surface area contributed by atoms with Crippen molar-refractivity contribution in [1.29, 1.82) is 0 Å². The third-order valence-electron chi connectivity index (χ3n) is 2.33. The Bertz CT molecular complexity index is 476. The highest BCUT2D eigenvalue weighted by Crippen LogP contribution is 2.17. The summed E-state index contributed by atoms with van der Waals surface area (Å²) >= 11 is 0. The Kier molecular flexibility index (Phi) is 1.48. The zero-order valence-electron chi connectivity index (χ0n) is 7.66. The van der Waals surface area contributed by atoms with Crippen LogP contribution < -0.4 is 4.90 Å². The normalized spacial score (nSPS) is 11.0. The molecule has 0 atom stereocenters. The summed E-state index contributed by atoms with van der Waals surface area (Å²) in [4.78, 5) is 4.52. The molecule has 0 aromatic carbocycles. The molecule has 0 saturated heterocycles. The zero-order chi connectivity index (χ0) is 9.59. The lowest BCUT2D eigenvalue weighted by Gasteiger charge is -2.00. The molecule has 0 unspecified atom stereocenters. The van der Waals surface area contributed by atoms with Crippen LogP contribution in [0.2, 0.25) is 0 Å². The summed E-state index contributed by atoms with van der Waals surface area (Å²) in [6.45, 7) is 5.66. The molecule has 0 bridgehead atoms. The van der Waals surface area contributed by atoms with Gasteiger partial charge in [0.05, 0.1) is 5.16 Å². The standard InChI is InChI=1S/C8H9N3O2/c1-4-5(2)7-8(9-6(4)3)10-13-11(7)12/h1-3H3. The summed E-state index contributed by atoms with van der Waals surface area (Å²) in [5.41, 5.74) is 3.54. The van der Waals surface area contributed by atoms with E-state index in [0.717, 1.165) is 16.8 Å². The van der Waals surface area contributed by atoms with Crippen molar-refractivity contribution in [2.75, 3.05) is 0 Å². The second kappa shape index (κ2) is 2.42. The van der Waals surface area contributed by atoms with Crippen LogP contribution in [0.1, 0.15) is 16.8 Å². The van der Waals surface area contributed by atoms with Crippen LogP contribution in [0, 0.1) is 26.0 Å². The lowest BCUT2D eigenvalue weighted by Crippen LogP contribution is -2.24. The van der Waals surface area contributed by atoms with Gasteiger partial charge in [0.2, 0.25) is 5.52 Å². The number of aryl methyl sites for hydroxylation is 2. The molecule has 0 amide bonds. The highest BCUT2D eigenvalue weighted by molar-refractivity contribution is 5.71. The van der Waals surface area contributed by atoms with E-state index in [1.54, 1.807) is 0 Å². The van der Waals surface area contributed by atoms with Gasteiger partial charge in [0, 0.05) is 11.3 Å². The zero-order valence-corrected chi connectivity index (χ0v) is 7.66. The van der Waals surface area contributed by atoms with E-state index in [2.05, 4.69) is 14.8 Å². The van der Waals surface area contributed by atoms with Crippen molar-refractivity contribution in [3.63, 3.8) is 0 Å². The number of hydrogen-bond donors (Lipinski definition) is 0. The van der Waals surface area contributed by atoms with E-state index >= 15 is 0 Å². The lowest BCUT2D eigenvalue weighted by atomic mass is 10.1. The summed E-state index contributed by atoms with van der Waals surface area (Å²) in [6, 6.07) is 0. The Morgan fingerprint density at radius 3 is 2.62 bits per heavy atom. The molecule has 68 valence electrons. The van der Waals surface area contributed by atoms with E-state index in [1.807, 2.05) is 20.8 Å². The van der Waals surface area contributed by atoms with Crippen LogP contribution in [0.25, 0.3) is 11.2 Å². The minimum atomic E-state index is 0.371. The molecule has 0 N–H and O–H groups in total. The number of pyridine rings is 1. The van der Waals surface area contributed by atoms with E-state index < -0.39 is 0 Å². The molecule has 0 radical (unpaired) electrons. The highest BCUT2D eigenvalue weighted by Gasteiger charge is 2.16. The first-order valence-corrected chi connectivity index (χ1v) is 3.94. The molecular formula is C8H9N3O2. The molecule has 0 aliphatic carbocycles. The fourth-order valence-corrected chi connectivity index (χ4v) is 1.31. The van der Waals surface area contributed by atoms with Crippen LogP contribution >= 0.6 is 0 Å². The van der Waals surface area contributed by atoms with E-state index in [9.17, 15) is 5.21 Å². The van der Waals surface area contributed by atoms with Crippen molar-refractivity contribution < 1.29 is 9.53 Å². The minimum absolute atomic E-state index is 0.371. The number of aromatic nitrogens is 3. The van der Waals surface area contributed by atoms with Crippen LogP contribution in [0.4, 0.5) is 0 Å². The number of rotatable bonds is 0. The largest absolute Gasteiger partial charge is 0.359 e. The van der Waals surface area contributed by atoms with Gasteiger partial charge >= 0.3 is 5.65 Å². The Labute approximate surface area is 74.5 Å². The van der Waals surface area contributed by atoms with E-state index in [-0.39, 0.29) is 0 Å². The van der Waals surface area contributed by atoms with Gasteiger partial charge < -0.3 is 5.21 Å². The van der Waals surface area contributed by atoms with Crippen molar-refractivity contribution >= 4 is 11.2 Å². The summed E-state index contributed by atoms with van der Waals surface area (Å²) in [7, 11) is 0. The third kappa shape index (κ3) is 0.965. The number of nitrogens with zero attached hydrogens (tertiary/aromatic N) is 3. The summed E-state index contributed by atoms with van der Waals surface area (Å²) in [5.74, 6) is 0. The predicted molar refractivity (Wildman–Crippen MR) is 45.0 cm³/mol. The molecule has 0 aliphatic rings. The van der Waals surface area contributed by atoms with Gasteiger partial charge in [0.15, 0.2) is 0 Å². The maximum Gasteiger partial charge on any atom is 0.341 e. The van der Waals surface area contributed by atoms with Gasteiger partial charge in [-0.3, -0.25) is 4.63 Å². The molecule has 2 aromatic rings. The first kappa shape index (κ1) is 7.97. The van der Waals surface area contributed by atoms with Crippen LogP contribution in [0.5, 0.6) is 0 Å². The average molecular weight is 179 g/mol. The maximum atomic E-state index is 11.1. The molecule has 0 saturated carbocycles. The van der Waals surface area contributed by atoms with Crippen LogP contribution in [-0.2, 0) is 0 Å². The van der Waals surface area contributed by atoms with Gasteiger partial charge in [-0.25, -0.2) is 4.98 Å². The second-order valence-corrected chi connectivity index (χ2v) is 3.05. The van der Waals surface area contributed by atoms with Crippen molar-refractivity contribution in [3.8, 4) is 0 Å². The Morgan fingerprint density at radius 2 is 1.92 bits per heavy atom. The topological polar surface area (TPSA) is 65.9 Å². The fraction of sp³-hybridized carbons (Fsp3) is 0.375. The average Bonchev–Trinajstić information content (AvgIpc) is 2.43. The number of fused-ring (bicyclic) bond motifs is 1. The minimum Gasteiger partial charge on any atom is -0.359 e. The Balaban J connectivity index is 2.97. The van der Waals surface area contributed by atoms with Gasteiger partial charge in [-0.1, -0.05) is 0 Å². The first-order valence-electron chi connectivity index (χ1n) is 3.94. The van der Waals surface area contributed by atoms with Gasteiger partial charge in [0.25, 0.3) is 0 Å². The molecule has 5 heteroatoms. The molecule has 13 heavy (non-hydrogen) atoms. The van der Waals surface area contributed by atoms with Crippen LogP contribution in [-0.4, -0.2) is 10.1 Å². The summed E-state index contributed by atoms with van der Waals surface area (Å²) < 4.78 is 4.45. The van der Waals surface area contributed by atoms with Crippen LogP contribution in [0.3, 0.4) is 0 Å². The first-order chi connectivity index (χ1) is 6.11. The molecule has 2 rings (SSSR count). The molecule has 0 aliphatic heterocycles. The second-order valence-electron chi connectivity index (χ2n) is 3.05. The van der Waals surface area contributed by atoms with E-state index in [1.165, 1.54) is 0 Å².